The summed E-state index contributed by atoms with van der Waals surface area (Å²) in [6.07, 6.45) is 5.16. The van der Waals surface area contributed by atoms with E-state index in [9.17, 15) is 0 Å². The lowest BCUT2D eigenvalue weighted by Gasteiger charge is -2.13. The Bertz CT molecular complexity index is 1140. The molecule has 0 aliphatic carbocycles. The van der Waals surface area contributed by atoms with Crippen molar-refractivity contribution in [3.8, 4) is 28.4 Å². The Hall–Kier alpha value is -2.66. The predicted octanol–water partition coefficient (Wildman–Crippen LogP) is 6.74. The van der Waals surface area contributed by atoms with Crippen LogP contribution in [0.2, 0.25) is 15.1 Å². The van der Waals surface area contributed by atoms with Crippen molar-refractivity contribution in [1.82, 2.24) is 15.0 Å². The molecule has 2 aromatic carbocycles. The number of hydrogen-bond acceptors (Lipinski definition) is 4. The maximum absolute atomic E-state index is 6.46. The molecule has 4 nitrogen and oxygen atoms in total. The van der Waals surface area contributed by atoms with Crippen molar-refractivity contribution < 1.29 is 4.74 Å². The summed E-state index contributed by atoms with van der Waals surface area (Å²) in [7, 11) is 0. The largest absolute Gasteiger partial charge is 0.459 e. The maximum Gasteiger partial charge on any atom is 0.317 e. The summed E-state index contributed by atoms with van der Waals surface area (Å²) >= 11 is 18.6. The van der Waals surface area contributed by atoms with E-state index in [1.165, 1.54) is 0 Å². The highest BCUT2D eigenvalue weighted by atomic mass is 35.5. The van der Waals surface area contributed by atoms with E-state index in [-0.39, 0.29) is 6.01 Å². The van der Waals surface area contributed by atoms with Crippen LogP contribution >= 0.6 is 34.8 Å². The highest BCUT2D eigenvalue weighted by Gasteiger charge is 2.15. The molecule has 0 saturated heterocycles. The minimum absolute atomic E-state index is 0.243. The van der Waals surface area contributed by atoms with Crippen LogP contribution in [0.25, 0.3) is 22.4 Å². The lowest BCUT2D eigenvalue weighted by Crippen LogP contribution is -2.02. The fourth-order valence-electron chi connectivity index (χ4n) is 2.79. The highest BCUT2D eigenvalue weighted by molar-refractivity contribution is 6.36. The Morgan fingerprint density at radius 3 is 2.34 bits per heavy atom. The molecule has 29 heavy (non-hydrogen) atoms. The number of pyridine rings is 1. The lowest BCUT2D eigenvalue weighted by atomic mass is 10.0. The van der Waals surface area contributed by atoms with Crippen LogP contribution in [0, 0.1) is 0 Å². The summed E-state index contributed by atoms with van der Waals surface area (Å²) < 4.78 is 5.78. The summed E-state index contributed by atoms with van der Waals surface area (Å²) in [4.78, 5) is 13.1. The Balaban J connectivity index is 1.76. The van der Waals surface area contributed by atoms with E-state index in [4.69, 9.17) is 39.5 Å². The molecule has 0 bridgehead atoms. The van der Waals surface area contributed by atoms with Gasteiger partial charge in [0, 0.05) is 45.3 Å². The van der Waals surface area contributed by atoms with Crippen molar-refractivity contribution in [3.05, 3.63) is 93.8 Å². The fraction of sp³-hybridized carbons (Fsp3) is 0.0455. The van der Waals surface area contributed by atoms with E-state index >= 15 is 0 Å². The molecule has 0 radical (unpaired) electrons. The van der Waals surface area contributed by atoms with Crippen LogP contribution in [0.4, 0.5) is 0 Å². The second-order valence-corrected chi connectivity index (χ2v) is 7.48. The zero-order valence-corrected chi connectivity index (χ0v) is 17.3. The fourth-order valence-corrected chi connectivity index (χ4v) is 3.42. The van der Waals surface area contributed by atoms with Crippen molar-refractivity contribution in [2.45, 2.75) is 6.61 Å². The third kappa shape index (κ3) is 4.67. The molecule has 4 rings (SSSR count). The van der Waals surface area contributed by atoms with E-state index in [1.807, 2.05) is 42.5 Å². The minimum Gasteiger partial charge on any atom is -0.459 e. The van der Waals surface area contributed by atoms with Crippen LogP contribution in [-0.2, 0) is 6.61 Å². The van der Waals surface area contributed by atoms with Gasteiger partial charge in [-0.15, -0.1) is 0 Å². The molecule has 4 aromatic rings. The Kier molecular flexibility index (Phi) is 5.95. The summed E-state index contributed by atoms with van der Waals surface area (Å²) in [5.41, 5.74) is 4.01. The maximum atomic E-state index is 6.46. The van der Waals surface area contributed by atoms with Gasteiger partial charge in [-0.1, -0.05) is 53.0 Å². The molecule has 0 aliphatic heterocycles. The summed E-state index contributed by atoms with van der Waals surface area (Å²) in [5.74, 6) is 0. The van der Waals surface area contributed by atoms with Crippen LogP contribution in [-0.4, -0.2) is 15.0 Å². The number of hydrogen-bond donors (Lipinski definition) is 0. The van der Waals surface area contributed by atoms with Crippen LogP contribution in [0.1, 0.15) is 5.56 Å². The third-order valence-corrected chi connectivity index (χ3v) is 5.00. The molecule has 0 spiro atoms. The van der Waals surface area contributed by atoms with Gasteiger partial charge >= 0.3 is 6.01 Å². The van der Waals surface area contributed by atoms with Crippen LogP contribution in [0.3, 0.4) is 0 Å². The quantitative estimate of drug-likeness (QED) is 0.343. The molecule has 0 unspecified atom stereocenters. The number of benzene rings is 2. The molecule has 2 aromatic heterocycles. The van der Waals surface area contributed by atoms with E-state index in [0.717, 1.165) is 22.3 Å². The standard InChI is InChI=1S/C22H14Cl3N3O/c23-16-5-3-15(4-6-16)19-12-27-22(29-13-14-2-1-9-26-11-14)28-21(19)18-8-7-17(24)10-20(18)25/h1-12H,13H2. The van der Waals surface area contributed by atoms with Crippen molar-refractivity contribution in [2.75, 3.05) is 0 Å². The second-order valence-electron chi connectivity index (χ2n) is 6.20. The first-order valence-electron chi connectivity index (χ1n) is 8.70. The molecule has 2 heterocycles. The predicted molar refractivity (Wildman–Crippen MR) is 117 cm³/mol. The molecule has 0 fully saturated rings. The first kappa shape index (κ1) is 19.6. The van der Waals surface area contributed by atoms with Gasteiger partial charge in [0.05, 0.1) is 10.7 Å². The van der Waals surface area contributed by atoms with Crippen molar-refractivity contribution >= 4 is 34.8 Å². The molecule has 0 aliphatic rings. The average molecular weight is 443 g/mol. The molecule has 0 saturated carbocycles. The smallest absolute Gasteiger partial charge is 0.317 e. The van der Waals surface area contributed by atoms with Gasteiger partial charge in [-0.05, 0) is 42.0 Å². The van der Waals surface area contributed by atoms with Gasteiger partial charge in [-0.25, -0.2) is 4.98 Å². The van der Waals surface area contributed by atoms with E-state index in [0.29, 0.717) is 27.4 Å². The first-order chi connectivity index (χ1) is 14.1. The van der Waals surface area contributed by atoms with Gasteiger partial charge < -0.3 is 4.74 Å². The van der Waals surface area contributed by atoms with Gasteiger partial charge in [-0.2, -0.15) is 4.98 Å². The van der Waals surface area contributed by atoms with Gasteiger partial charge in [0.15, 0.2) is 0 Å². The van der Waals surface area contributed by atoms with Crippen LogP contribution < -0.4 is 4.74 Å². The van der Waals surface area contributed by atoms with Crippen LogP contribution in [0.15, 0.2) is 73.2 Å². The zero-order valence-electron chi connectivity index (χ0n) is 15.0. The molecule has 0 amide bonds. The zero-order chi connectivity index (χ0) is 20.2. The lowest BCUT2D eigenvalue weighted by molar-refractivity contribution is 0.281. The average Bonchev–Trinajstić information content (AvgIpc) is 2.74. The van der Waals surface area contributed by atoms with Crippen molar-refractivity contribution in [1.29, 1.82) is 0 Å². The number of ether oxygens (including phenoxy) is 1. The van der Waals surface area contributed by atoms with Crippen molar-refractivity contribution in [3.63, 3.8) is 0 Å². The molecular weight excluding hydrogens is 429 g/mol. The van der Waals surface area contributed by atoms with Gasteiger partial charge in [0.1, 0.15) is 6.61 Å². The van der Waals surface area contributed by atoms with E-state index < -0.39 is 0 Å². The normalized spacial score (nSPS) is 10.7. The first-order valence-corrected chi connectivity index (χ1v) is 9.83. The molecule has 0 N–H and O–H groups in total. The van der Waals surface area contributed by atoms with Gasteiger partial charge in [0.2, 0.25) is 0 Å². The Labute approximate surface area is 183 Å². The summed E-state index contributed by atoms with van der Waals surface area (Å²) in [6, 6.07) is 16.7. The number of aromatic nitrogens is 3. The van der Waals surface area contributed by atoms with Crippen molar-refractivity contribution in [2.24, 2.45) is 0 Å². The third-order valence-electron chi connectivity index (χ3n) is 4.20. The number of nitrogens with zero attached hydrogens (tertiary/aromatic N) is 3. The monoisotopic (exact) mass is 441 g/mol. The van der Waals surface area contributed by atoms with E-state index in [2.05, 4.69) is 15.0 Å². The molecule has 0 atom stereocenters. The Morgan fingerprint density at radius 1 is 0.828 bits per heavy atom. The topological polar surface area (TPSA) is 47.9 Å². The number of rotatable bonds is 5. The minimum atomic E-state index is 0.243. The molecular formula is C22H14Cl3N3O. The van der Waals surface area contributed by atoms with E-state index in [1.54, 1.807) is 30.7 Å². The Morgan fingerprint density at radius 2 is 1.62 bits per heavy atom. The SMILES string of the molecule is Clc1ccc(-c2cnc(OCc3cccnc3)nc2-c2ccc(Cl)cc2Cl)cc1. The van der Waals surface area contributed by atoms with Gasteiger partial charge in [0.25, 0.3) is 0 Å². The highest BCUT2D eigenvalue weighted by Crippen LogP contribution is 2.36. The molecule has 7 heteroatoms. The van der Waals surface area contributed by atoms with Crippen LogP contribution in [0.5, 0.6) is 6.01 Å². The second kappa shape index (κ2) is 8.78. The summed E-state index contributed by atoms with van der Waals surface area (Å²) in [6.45, 7) is 0.307. The molecule has 144 valence electrons. The summed E-state index contributed by atoms with van der Waals surface area (Å²) in [5, 5.41) is 1.69. The van der Waals surface area contributed by atoms with Gasteiger partial charge in [-0.3, -0.25) is 4.98 Å². The number of halogens is 3.